The second kappa shape index (κ2) is 9.28. The zero-order valence-corrected chi connectivity index (χ0v) is 12.2. The van der Waals surface area contributed by atoms with Gasteiger partial charge in [-0.1, -0.05) is 19.3 Å². The number of hydrogen-bond donors (Lipinski definition) is 2. The van der Waals surface area contributed by atoms with E-state index in [0.29, 0.717) is 25.7 Å². The maximum Gasteiger partial charge on any atom is 0.234 e. The van der Waals surface area contributed by atoms with E-state index in [1.165, 1.54) is 19.3 Å². The maximum atomic E-state index is 12.0. The molecule has 19 heavy (non-hydrogen) atoms. The standard InChI is InChI=1S/C14H28N2O3/c1-12(11-19-2)15-14(18)10-16(8-9-17)13-6-4-3-5-7-13/h12-13,17H,3-11H2,1-2H3,(H,15,18). The quantitative estimate of drug-likeness (QED) is 0.685. The van der Waals surface area contributed by atoms with Crippen molar-refractivity contribution in [2.45, 2.75) is 51.1 Å². The molecule has 0 aliphatic heterocycles. The van der Waals surface area contributed by atoms with Crippen molar-refractivity contribution in [3.63, 3.8) is 0 Å². The minimum Gasteiger partial charge on any atom is -0.395 e. The topological polar surface area (TPSA) is 61.8 Å². The highest BCUT2D eigenvalue weighted by molar-refractivity contribution is 5.78. The van der Waals surface area contributed by atoms with Crippen LogP contribution in [0.25, 0.3) is 0 Å². The van der Waals surface area contributed by atoms with Crippen molar-refractivity contribution >= 4 is 5.91 Å². The summed E-state index contributed by atoms with van der Waals surface area (Å²) in [6.45, 7) is 3.51. The van der Waals surface area contributed by atoms with Gasteiger partial charge in [-0.2, -0.15) is 0 Å². The summed E-state index contributed by atoms with van der Waals surface area (Å²) < 4.78 is 5.00. The molecule has 0 radical (unpaired) electrons. The number of nitrogens with one attached hydrogen (secondary N) is 1. The van der Waals surface area contributed by atoms with Gasteiger partial charge in [-0.3, -0.25) is 9.69 Å². The second-order valence-electron chi connectivity index (χ2n) is 5.41. The summed E-state index contributed by atoms with van der Waals surface area (Å²) in [5.41, 5.74) is 0. The van der Waals surface area contributed by atoms with E-state index < -0.39 is 0 Å². The smallest absolute Gasteiger partial charge is 0.234 e. The fourth-order valence-electron chi connectivity index (χ4n) is 2.76. The van der Waals surface area contributed by atoms with Gasteiger partial charge in [0.1, 0.15) is 0 Å². The third-order valence-electron chi connectivity index (χ3n) is 3.65. The molecule has 0 aromatic carbocycles. The number of ether oxygens (including phenoxy) is 1. The molecule has 1 aliphatic rings. The number of nitrogens with zero attached hydrogens (tertiary/aromatic N) is 1. The average molecular weight is 272 g/mol. The molecule has 1 unspecified atom stereocenters. The van der Waals surface area contributed by atoms with Crippen LogP contribution in [-0.4, -0.2) is 61.4 Å². The van der Waals surface area contributed by atoms with Crippen molar-refractivity contribution in [2.24, 2.45) is 0 Å². The molecule has 1 saturated carbocycles. The Balaban J connectivity index is 2.40. The van der Waals surface area contributed by atoms with Crippen LogP contribution in [0.3, 0.4) is 0 Å². The molecule has 5 heteroatoms. The Hall–Kier alpha value is -0.650. The van der Waals surface area contributed by atoms with Gasteiger partial charge >= 0.3 is 0 Å². The van der Waals surface area contributed by atoms with E-state index in [0.717, 1.165) is 12.8 Å². The van der Waals surface area contributed by atoms with Crippen LogP contribution >= 0.6 is 0 Å². The third kappa shape index (κ3) is 6.36. The first-order valence-electron chi connectivity index (χ1n) is 7.30. The summed E-state index contributed by atoms with van der Waals surface area (Å²) in [6, 6.07) is 0.476. The van der Waals surface area contributed by atoms with Crippen LogP contribution in [-0.2, 0) is 9.53 Å². The number of carbonyl (C=O) groups excluding carboxylic acids is 1. The van der Waals surface area contributed by atoms with Gasteiger partial charge < -0.3 is 15.2 Å². The van der Waals surface area contributed by atoms with Crippen LogP contribution in [0.5, 0.6) is 0 Å². The predicted molar refractivity (Wildman–Crippen MR) is 75.0 cm³/mol. The van der Waals surface area contributed by atoms with Gasteiger partial charge in [-0.25, -0.2) is 0 Å². The van der Waals surface area contributed by atoms with Crippen LogP contribution in [0.15, 0.2) is 0 Å². The van der Waals surface area contributed by atoms with Gasteiger partial charge in [-0.05, 0) is 19.8 Å². The lowest BCUT2D eigenvalue weighted by Crippen LogP contribution is -2.47. The normalized spacial score (nSPS) is 18.5. The Morgan fingerprint density at radius 3 is 2.68 bits per heavy atom. The Labute approximate surface area is 116 Å². The van der Waals surface area contributed by atoms with E-state index in [4.69, 9.17) is 9.84 Å². The molecule has 0 spiro atoms. The first-order valence-corrected chi connectivity index (χ1v) is 7.30. The molecule has 1 aliphatic carbocycles. The van der Waals surface area contributed by atoms with Crippen molar-refractivity contribution in [3.8, 4) is 0 Å². The zero-order valence-electron chi connectivity index (χ0n) is 12.2. The van der Waals surface area contributed by atoms with Gasteiger partial charge in [0.2, 0.25) is 5.91 Å². The van der Waals surface area contributed by atoms with E-state index in [1.807, 2.05) is 6.92 Å². The fraction of sp³-hybridized carbons (Fsp3) is 0.929. The van der Waals surface area contributed by atoms with E-state index >= 15 is 0 Å². The van der Waals surface area contributed by atoms with E-state index in [9.17, 15) is 4.79 Å². The molecule has 0 aromatic heterocycles. The van der Waals surface area contributed by atoms with Gasteiger partial charge in [0.05, 0.1) is 19.8 Å². The third-order valence-corrected chi connectivity index (χ3v) is 3.65. The summed E-state index contributed by atoms with van der Waals surface area (Å²) in [5.74, 6) is 0.0172. The molecule has 0 bridgehead atoms. The minimum atomic E-state index is 0.0172. The molecular formula is C14H28N2O3. The van der Waals surface area contributed by atoms with E-state index in [1.54, 1.807) is 7.11 Å². The van der Waals surface area contributed by atoms with Crippen molar-refractivity contribution in [3.05, 3.63) is 0 Å². The molecule has 0 heterocycles. The largest absolute Gasteiger partial charge is 0.395 e. The highest BCUT2D eigenvalue weighted by Gasteiger charge is 2.22. The highest BCUT2D eigenvalue weighted by atomic mass is 16.5. The number of hydrogen-bond acceptors (Lipinski definition) is 4. The van der Waals surface area contributed by atoms with Crippen molar-refractivity contribution in [1.82, 2.24) is 10.2 Å². The summed E-state index contributed by atoms with van der Waals surface area (Å²) >= 11 is 0. The Bertz CT molecular complexity index is 255. The predicted octanol–water partition coefficient (Wildman–Crippen LogP) is 0.764. The molecule has 1 atom stereocenters. The first-order chi connectivity index (χ1) is 9.17. The molecular weight excluding hydrogens is 244 g/mol. The van der Waals surface area contributed by atoms with Crippen LogP contribution in [0.1, 0.15) is 39.0 Å². The molecule has 112 valence electrons. The average Bonchev–Trinajstić information content (AvgIpc) is 2.39. The first kappa shape index (κ1) is 16.4. The second-order valence-corrected chi connectivity index (χ2v) is 5.41. The molecule has 0 aromatic rings. The number of carbonyl (C=O) groups is 1. The van der Waals surface area contributed by atoms with E-state index in [-0.39, 0.29) is 18.6 Å². The van der Waals surface area contributed by atoms with E-state index in [2.05, 4.69) is 10.2 Å². The molecule has 2 N–H and O–H groups in total. The van der Waals surface area contributed by atoms with Crippen molar-refractivity contribution < 1.29 is 14.6 Å². The lowest BCUT2D eigenvalue weighted by atomic mass is 9.94. The van der Waals surface area contributed by atoms with Gasteiger partial charge in [0.25, 0.3) is 0 Å². The summed E-state index contributed by atoms with van der Waals surface area (Å²) in [5, 5.41) is 12.1. The number of aliphatic hydroxyl groups excluding tert-OH is 1. The Morgan fingerprint density at radius 2 is 2.11 bits per heavy atom. The Kier molecular flexibility index (Phi) is 8.02. The van der Waals surface area contributed by atoms with Crippen molar-refractivity contribution in [2.75, 3.05) is 33.4 Å². The monoisotopic (exact) mass is 272 g/mol. The minimum absolute atomic E-state index is 0.0172. The highest BCUT2D eigenvalue weighted by Crippen LogP contribution is 2.22. The molecule has 1 fully saturated rings. The van der Waals surface area contributed by atoms with Crippen LogP contribution in [0.2, 0.25) is 0 Å². The van der Waals surface area contributed by atoms with Crippen molar-refractivity contribution in [1.29, 1.82) is 0 Å². The number of rotatable bonds is 8. The molecule has 1 amide bonds. The molecule has 1 rings (SSSR count). The van der Waals surface area contributed by atoms with Gasteiger partial charge in [0, 0.05) is 25.7 Å². The fourth-order valence-corrected chi connectivity index (χ4v) is 2.76. The summed E-state index contributed by atoms with van der Waals surface area (Å²) in [6.07, 6.45) is 6.03. The van der Waals surface area contributed by atoms with Crippen LogP contribution < -0.4 is 5.32 Å². The lowest BCUT2D eigenvalue weighted by Gasteiger charge is -2.33. The van der Waals surface area contributed by atoms with Crippen LogP contribution in [0, 0.1) is 0 Å². The molecule has 5 nitrogen and oxygen atoms in total. The SMILES string of the molecule is COCC(C)NC(=O)CN(CCO)C1CCCCC1. The lowest BCUT2D eigenvalue weighted by molar-refractivity contribution is -0.124. The van der Waals surface area contributed by atoms with Crippen LogP contribution in [0.4, 0.5) is 0 Å². The molecule has 0 saturated heterocycles. The summed E-state index contributed by atoms with van der Waals surface area (Å²) in [7, 11) is 1.63. The number of aliphatic hydroxyl groups is 1. The van der Waals surface area contributed by atoms with Gasteiger partial charge in [0.15, 0.2) is 0 Å². The number of methoxy groups -OCH3 is 1. The zero-order chi connectivity index (χ0) is 14.1. The van der Waals surface area contributed by atoms with Gasteiger partial charge in [-0.15, -0.1) is 0 Å². The Morgan fingerprint density at radius 1 is 1.42 bits per heavy atom. The maximum absolute atomic E-state index is 12.0. The summed E-state index contributed by atoms with van der Waals surface area (Å²) in [4.78, 5) is 14.1. The number of amides is 1.